The first-order chi connectivity index (χ1) is 11.7. The molecular formula is C17H14FN3O2S. The maximum Gasteiger partial charge on any atom is 0.339 e. The number of H-pyrrole nitrogens is 1. The summed E-state index contributed by atoms with van der Waals surface area (Å²) in [5, 5.41) is 1.36. The molecule has 0 unspecified atom stereocenters. The van der Waals surface area contributed by atoms with Crippen LogP contribution in [0.3, 0.4) is 0 Å². The van der Waals surface area contributed by atoms with Crippen LogP contribution in [0.5, 0.6) is 0 Å². The van der Waals surface area contributed by atoms with Gasteiger partial charge in [0.15, 0.2) is 5.16 Å². The molecule has 7 heteroatoms. The van der Waals surface area contributed by atoms with Crippen molar-refractivity contribution in [3.8, 4) is 11.3 Å². The zero-order valence-corrected chi connectivity index (χ0v) is 13.6. The monoisotopic (exact) mass is 343 g/mol. The molecule has 0 radical (unpaired) electrons. The number of carbonyl (C=O) groups excluding carboxylic acids is 1. The van der Waals surface area contributed by atoms with E-state index in [4.69, 9.17) is 4.74 Å². The van der Waals surface area contributed by atoms with Crippen molar-refractivity contribution in [2.45, 2.75) is 17.1 Å². The fraction of sp³-hybridized carbons (Fsp3) is 0.118. The smallest absolute Gasteiger partial charge is 0.339 e. The zero-order chi connectivity index (χ0) is 16.9. The van der Waals surface area contributed by atoms with E-state index < -0.39 is 5.97 Å². The second kappa shape index (κ2) is 7.27. The van der Waals surface area contributed by atoms with Crippen LogP contribution in [0.25, 0.3) is 11.3 Å². The van der Waals surface area contributed by atoms with Crippen molar-refractivity contribution in [3.05, 3.63) is 60.2 Å². The van der Waals surface area contributed by atoms with Crippen LogP contribution in [0.4, 0.5) is 4.39 Å². The molecule has 0 aliphatic carbocycles. The first-order valence-electron chi connectivity index (χ1n) is 7.27. The molecule has 3 aromatic rings. The minimum atomic E-state index is -0.391. The Hall–Kier alpha value is -2.67. The Labute approximate surface area is 142 Å². The van der Waals surface area contributed by atoms with Gasteiger partial charge >= 0.3 is 5.97 Å². The summed E-state index contributed by atoms with van der Waals surface area (Å²) in [6.45, 7) is 2.08. The summed E-state index contributed by atoms with van der Waals surface area (Å²) in [6, 6.07) is 9.57. The third kappa shape index (κ3) is 3.80. The molecule has 1 N–H and O–H groups in total. The predicted molar refractivity (Wildman–Crippen MR) is 88.3 cm³/mol. The molecule has 1 aromatic carbocycles. The van der Waals surface area contributed by atoms with Crippen molar-refractivity contribution in [3.63, 3.8) is 0 Å². The fourth-order valence-electron chi connectivity index (χ4n) is 2.01. The van der Waals surface area contributed by atoms with Crippen LogP contribution < -0.4 is 0 Å². The number of imidazole rings is 1. The number of nitrogens with zero attached hydrogens (tertiary/aromatic N) is 2. The number of rotatable bonds is 5. The van der Waals surface area contributed by atoms with Crippen LogP contribution in [-0.4, -0.2) is 27.5 Å². The Bertz CT molecular complexity index is 832. The highest BCUT2D eigenvalue weighted by Crippen LogP contribution is 2.26. The summed E-state index contributed by atoms with van der Waals surface area (Å²) < 4.78 is 17.9. The second-order valence-corrected chi connectivity index (χ2v) is 5.83. The van der Waals surface area contributed by atoms with Gasteiger partial charge in [-0.3, -0.25) is 0 Å². The molecular weight excluding hydrogens is 329 g/mol. The van der Waals surface area contributed by atoms with Crippen molar-refractivity contribution in [2.75, 3.05) is 6.61 Å². The molecule has 0 saturated heterocycles. The van der Waals surface area contributed by atoms with Crippen LogP contribution >= 0.6 is 11.8 Å². The average Bonchev–Trinajstić information content (AvgIpc) is 3.05. The summed E-state index contributed by atoms with van der Waals surface area (Å²) in [4.78, 5) is 23.2. The first kappa shape index (κ1) is 16.2. The van der Waals surface area contributed by atoms with E-state index in [0.29, 0.717) is 22.4 Å². The van der Waals surface area contributed by atoms with Crippen LogP contribution in [-0.2, 0) is 4.74 Å². The van der Waals surface area contributed by atoms with Gasteiger partial charge in [0.05, 0.1) is 24.1 Å². The number of nitrogens with one attached hydrogen (secondary N) is 1. The minimum absolute atomic E-state index is 0.279. The Morgan fingerprint density at radius 3 is 2.62 bits per heavy atom. The van der Waals surface area contributed by atoms with Gasteiger partial charge in [-0.25, -0.2) is 19.2 Å². The zero-order valence-electron chi connectivity index (χ0n) is 12.8. The summed E-state index contributed by atoms with van der Waals surface area (Å²) in [5.41, 5.74) is 2.05. The van der Waals surface area contributed by atoms with Gasteiger partial charge in [-0.05, 0) is 60.6 Å². The number of hydrogen-bond acceptors (Lipinski definition) is 5. The van der Waals surface area contributed by atoms with E-state index in [9.17, 15) is 9.18 Å². The number of benzene rings is 1. The van der Waals surface area contributed by atoms with Crippen LogP contribution in [0.1, 0.15) is 17.3 Å². The summed E-state index contributed by atoms with van der Waals surface area (Å²) >= 11 is 1.34. The number of pyridine rings is 1. The van der Waals surface area contributed by atoms with Gasteiger partial charge in [0.25, 0.3) is 0 Å². The second-order valence-electron chi connectivity index (χ2n) is 4.82. The number of esters is 1. The number of aromatic nitrogens is 3. The first-order valence-corrected chi connectivity index (χ1v) is 8.09. The number of halogens is 1. The molecule has 0 amide bonds. The van der Waals surface area contributed by atoms with Gasteiger partial charge in [-0.1, -0.05) is 0 Å². The van der Waals surface area contributed by atoms with Gasteiger partial charge in [-0.15, -0.1) is 0 Å². The quantitative estimate of drug-likeness (QED) is 0.711. The predicted octanol–water partition coefficient (Wildman–Crippen LogP) is 3.94. The molecule has 0 aliphatic heterocycles. The van der Waals surface area contributed by atoms with E-state index in [1.165, 1.54) is 30.1 Å². The van der Waals surface area contributed by atoms with Crippen molar-refractivity contribution in [1.82, 2.24) is 15.0 Å². The van der Waals surface area contributed by atoms with Gasteiger partial charge in [0.2, 0.25) is 0 Å². The van der Waals surface area contributed by atoms with E-state index in [0.717, 1.165) is 11.3 Å². The lowest BCUT2D eigenvalue weighted by molar-refractivity contribution is 0.0525. The molecule has 0 atom stereocenters. The molecule has 2 aromatic heterocycles. The normalized spacial score (nSPS) is 10.6. The lowest BCUT2D eigenvalue weighted by atomic mass is 10.2. The third-order valence-electron chi connectivity index (χ3n) is 3.16. The van der Waals surface area contributed by atoms with E-state index in [2.05, 4.69) is 15.0 Å². The molecule has 24 heavy (non-hydrogen) atoms. The minimum Gasteiger partial charge on any atom is -0.462 e. The van der Waals surface area contributed by atoms with Gasteiger partial charge < -0.3 is 9.72 Å². The van der Waals surface area contributed by atoms with Crippen molar-refractivity contribution in [2.24, 2.45) is 0 Å². The Morgan fingerprint density at radius 1 is 1.17 bits per heavy atom. The highest BCUT2D eigenvalue weighted by Gasteiger charge is 2.09. The fourth-order valence-corrected chi connectivity index (χ4v) is 2.71. The third-order valence-corrected chi connectivity index (χ3v) is 4.01. The standard InChI is InChI=1S/C17H14FN3O2S/c1-2-23-16(22)12-5-8-15(19-9-12)24-17-20-10-14(21-17)11-3-6-13(18)7-4-11/h3-10H,2H2,1H3,(H,20,21). The summed E-state index contributed by atoms with van der Waals surface area (Å²) in [7, 11) is 0. The number of aromatic amines is 1. The lowest BCUT2D eigenvalue weighted by Gasteiger charge is -2.02. The number of ether oxygens (including phenoxy) is 1. The van der Waals surface area contributed by atoms with Crippen molar-refractivity contribution >= 4 is 17.7 Å². The Kier molecular flexibility index (Phi) is 4.90. The maximum atomic E-state index is 13.0. The topological polar surface area (TPSA) is 67.9 Å². The Morgan fingerprint density at radius 2 is 1.96 bits per heavy atom. The molecule has 0 fully saturated rings. The average molecular weight is 343 g/mol. The summed E-state index contributed by atoms with van der Waals surface area (Å²) in [6.07, 6.45) is 3.16. The van der Waals surface area contributed by atoms with Crippen molar-refractivity contribution < 1.29 is 13.9 Å². The van der Waals surface area contributed by atoms with E-state index in [-0.39, 0.29) is 5.82 Å². The van der Waals surface area contributed by atoms with Crippen LogP contribution in [0, 0.1) is 5.82 Å². The molecule has 2 heterocycles. The summed E-state index contributed by atoms with van der Waals surface area (Å²) in [5.74, 6) is -0.670. The number of carbonyl (C=O) groups is 1. The molecule has 3 rings (SSSR count). The number of hydrogen-bond donors (Lipinski definition) is 1. The van der Waals surface area contributed by atoms with Gasteiger partial charge in [-0.2, -0.15) is 0 Å². The van der Waals surface area contributed by atoms with Crippen molar-refractivity contribution in [1.29, 1.82) is 0 Å². The Balaban J connectivity index is 1.70. The highest BCUT2D eigenvalue weighted by molar-refractivity contribution is 7.99. The molecule has 0 bridgehead atoms. The maximum absolute atomic E-state index is 13.0. The van der Waals surface area contributed by atoms with Crippen LogP contribution in [0.15, 0.2) is 59.0 Å². The van der Waals surface area contributed by atoms with Gasteiger partial charge in [0, 0.05) is 6.20 Å². The highest BCUT2D eigenvalue weighted by atomic mass is 32.2. The van der Waals surface area contributed by atoms with E-state index in [1.807, 2.05) is 0 Å². The molecule has 122 valence electrons. The molecule has 5 nitrogen and oxygen atoms in total. The largest absolute Gasteiger partial charge is 0.462 e. The van der Waals surface area contributed by atoms with E-state index >= 15 is 0 Å². The van der Waals surface area contributed by atoms with Gasteiger partial charge in [0.1, 0.15) is 10.8 Å². The molecule has 0 saturated carbocycles. The SMILES string of the molecule is CCOC(=O)c1ccc(Sc2ncc(-c3ccc(F)cc3)[nH]2)nc1. The molecule has 0 spiro atoms. The van der Waals surface area contributed by atoms with E-state index in [1.54, 1.807) is 37.4 Å². The lowest BCUT2D eigenvalue weighted by Crippen LogP contribution is -2.04. The molecule has 0 aliphatic rings. The van der Waals surface area contributed by atoms with Crippen LogP contribution in [0.2, 0.25) is 0 Å².